The van der Waals surface area contributed by atoms with Gasteiger partial charge in [0.2, 0.25) is 0 Å². The average molecular weight is 447 g/mol. The summed E-state index contributed by atoms with van der Waals surface area (Å²) in [6.07, 6.45) is 1.92. The van der Waals surface area contributed by atoms with Crippen LogP contribution >= 0.6 is 23.8 Å². The Bertz CT molecular complexity index is 1090. The maximum atomic E-state index is 6.28. The number of hydrogen-bond donors (Lipinski definition) is 1. The molecule has 3 aromatic carbocycles. The molecule has 156 valence electrons. The highest BCUT2D eigenvalue weighted by Crippen LogP contribution is 2.17. The first kappa shape index (κ1) is 21.1. The molecule has 0 atom stereocenters. The number of rotatable bonds is 7. The van der Waals surface area contributed by atoms with E-state index in [1.807, 2.05) is 77.6 Å². The molecule has 0 aliphatic carbocycles. The Morgan fingerprint density at radius 3 is 2.03 bits per heavy atom. The molecule has 0 unspecified atom stereocenters. The summed E-state index contributed by atoms with van der Waals surface area (Å²) in [7, 11) is 0. The molecule has 0 fully saturated rings. The van der Waals surface area contributed by atoms with Gasteiger partial charge >= 0.3 is 0 Å². The normalized spacial score (nSPS) is 10.6. The number of hydrogen-bond acceptors (Lipinski definition) is 2. The van der Waals surface area contributed by atoms with Crippen LogP contribution in [0.5, 0.6) is 0 Å². The van der Waals surface area contributed by atoms with Crippen LogP contribution in [0.3, 0.4) is 0 Å². The third-order valence-corrected chi connectivity index (χ3v) is 5.61. The minimum absolute atomic E-state index is 0.603. The van der Waals surface area contributed by atoms with Crippen LogP contribution in [-0.2, 0) is 19.6 Å². The van der Waals surface area contributed by atoms with Crippen LogP contribution in [-0.4, -0.2) is 19.8 Å². The number of benzene rings is 3. The van der Waals surface area contributed by atoms with Gasteiger partial charge in [-0.3, -0.25) is 4.68 Å². The Kier molecular flexibility index (Phi) is 6.97. The summed E-state index contributed by atoms with van der Waals surface area (Å²) < 4.78 is 1.85. The minimum Gasteiger partial charge on any atom is -0.340 e. The summed E-state index contributed by atoms with van der Waals surface area (Å²) in [4.78, 5) is 2.15. The number of halogens is 1. The standard InChI is InChI=1S/C25H23ClN4S/c26-23-14-8-7-13-22(23)19-30-16-15-24(28-30)27-25(31)29(17-20-9-3-1-4-10-20)18-21-11-5-2-6-12-21/h1-16H,17-19H2,(H,27,28,31). The first-order valence-electron chi connectivity index (χ1n) is 10.1. The zero-order chi connectivity index (χ0) is 21.5. The Labute approximate surface area is 193 Å². The van der Waals surface area contributed by atoms with Crippen molar-refractivity contribution in [3.8, 4) is 0 Å². The van der Waals surface area contributed by atoms with Gasteiger partial charge in [0.25, 0.3) is 0 Å². The summed E-state index contributed by atoms with van der Waals surface area (Å²) in [5.74, 6) is 0.711. The van der Waals surface area contributed by atoms with E-state index in [4.69, 9.17) is 23.8 Å². The molecule has 1 heterocycles. The van der Waals surface area contributed by atoms with Crippen LogP contribution in [0, 0.1) is 0 Å². The highest BCUT2D eigenvalue weighted by atomic mass is 35.5. The first-order valence-corrected chi connectivity index (χ1v) is 10.9. The van der Waals surface area contributed by atoms with Crippen LogP contribution in [0.1, 0.15) is 16.7 Å². The zero-order valence-electron chi connectivity index (χ0n) is 17.0. The summed E-state index contributed by atoms with van der Waals surface area (Å²) >= 11 is 12.0. The van der Waals surface area contributed by atoms with Crippen LogP contribution in [0.15, 0.2) is 97.2 Å². The number of nitrogens with one attached hydrogen (secondary N) is 1. The van der Waals surface area contributed by atoms with Gasteiger partial charge in [-0.25, -0.2) is 0 Å². The molecule has 6 heteroatoms. The van der Waals surface area contributed by atoms with Crippen molar-refractivity contribution in [2.75, 3.05) is 5.32 Å². The van der Waals surface area contributed by atoms with Crippen LogP contribution in [0.25, 0.3) is 0 Å². The molecule has 4 rings (SSSR count). The lowest BCUT2D eigenvalue weighted by atomic mass is 10.2. The number of thiocarbonyl (C=S) groups is 1. The second-order valence-electron chi connectivity index (χ2n) is 7.25. The molecule has 0 spiro atoms. The second kappa shape index (κ2) is 10.2. The van der Waals surface area contributed by atoms with Gasteiger partial charge in [-0.15, -0.1) is 0 Å². The zero-order valence-corrected chi connectivity index (χ0v) is 18.6. The van der Waals surface area contributed by atoms with Crippen molar-refractivity contribution in [2.45, 2.75) is 19.6 Å². The quantitative estimate of drug-likeness (QED) is 0.354. The molecule has 0 radical (unpaired) electrons. The molecule has 0 amide bonds. The molecule has 31 heavy (non-hydrogen) atoms. The summed E-state index contributed by atoms with van der Waals surface area (Å²) in [6.45, 7) is 2.02. The predicted octanol–water partition coefficient (Wildman–Crippen LogP) is 5.98. The van der Waals surface area contributed by atoms with Crippen molar-refractivity contribution in [1.82, 2.24) is 14.7 Å². The van der Waals surface area contributed by atoms with Crippen molar-refractivity contribution < 1.29 is 0 Å². The van der Waals surface area contributed by atoms with Gasteiger partial charge < -0.3 is 10.2 Å². The molecule has 0 saturated heterocycles. The largest absolute Gasteiger partial charge is 0.340 e. The summed E-state index contributed by atoms with van der Waals surface area (Å²) in [5, 5.41) is 9.28. The Balaban J connectivity index is 1.46. The average Bonchev–Trinajstić information content (AvgIpc) is 3.23. The Morgan fingerprint density at radius 2 is 1.42 bits per heavy atom. The highest BCUT2D eigenvalue weighted by Gasteiger charge is 2.13. The maximum Gasteiger partial charge on any atom is 0.175 e. The van der Waals surface area contributed by atoms with E-state index in [0.717, 1.165) is 10.6 Å². The van der Waals surface area contributed by atoms with Crippen molar-refractivity contribution in [3.63, 3.8) is 0 Å². The van der Waals surface area contributed by atoms with E-state index in [0.29, 0.717) is 30.6 Å². The predicted molar refractivity (Wildman–Crippen MR) is 131 cm³/mol. The van der Waals surface area contributed by atoms with Crippen molar-refractivity contribution in [2.24, 2.45) is 0 Å². The molecule has 1 N–H and O–H groups in total. The highest BCUT2D eigenvalue weighted by molar-refractivity contribution is 7.80. The summed E-state index contributed by atoms with van der Waals surface area (Å²) in [6, 6.07) is 30.4. The fourth-order valence-electron chi connectivity index (χ4n) is 3.31. The number of anilines is 1. The first-order chi connectivity index (χ1) is 15.2. The van der Waals surface area contributed by atoms with Gasteiger partial charge in [0.05, 0.1) is 6.54 Å². The van der Waals surface area contributed by atoms with E-state index in [1.165, 1.54) is 11.1 Å². The van der Waals surface area contributed by atoms with Crippen molar-refractivity contribution in [1.29, 1.82) is 0 Å². The minimum atomic E-state index is 0.603. The maximum absolute atomic E-state index is 6.28. The molecule has 0 aliphatic heterocycles. The van der Waals surface area contributed by atoms with Gasteiger partial charge in [-0.1, -0.05) is 90.5 Å². The SMILES string of the molecule is S=C(Nc1ccn(Cc2ccccc2Cl)n1)N(Cc1ccccc1)Cc1ccccc1. The fraction of sp³-hybridized carbons (Fsp3) is 0.120. The monoisotopic (exact) mass is 446 g/mol. The molecule has 0 aliphatic rings. The third-order valence-electron chi connectivity index (χ3n) is 4.89. The number of aromatic nitrogens is 2. The van der Waals surface area contributed by atoms with E-state index in [1.54, 1.807) is 0 Å². The van der Waals surface area contributed by atoms with Crippen LogP contribution in [0.4, 0.5) is 5.82 Å². The van der Waals surface area contributed by atoms with E-state index in [9.17, 15) is 0 Å². The van der Waals surface area contributed by atoms with Crippen molar-refractivity contribution >= 4 is 34.7 Å². The van der Waals surface area contributed by atoms with E-state index >= 15 is 0 Å². The lowest BCUT2D eigenvalue weighted by Crippen LogP contribution is -2.34. The molecule has 1 aromatic heterocycles. The second-order valence-corrected chi connectivity index (χ2v) is 8.04. The lowest BCUT2D eigenvalue weighted by molar-refractivity contribution is 0.412. The van der Waals surface area contributed by atoms with Gasteiger partial charge in [0.15, 0.2) is 10.9 Å². The van der Waals surface area contributed by atoms with Gasteiger partial charge in [0.1, 0.15) is 0 Å². The summed E-state index contributed by atoms with van der Waals surface area (Å²) in [5.41, 5.74) is 3.43. The van der Waals surface area contributed by atoms with Crippen LogP contribution in [0.2, 0.25) is 5.02 Å². The molecule has 4 nitrogen and oxygen atoms in total. The van der Waals surface area contributed by atoms with Gasteiger partial charge in [-0.05, 0) is 35.0 Å². The van der Waals surface area contributed by atoms with E-state index in [2.05, 4.69) is 39.6 Å². The van der Waals surface area contributed by atoms with E-state index in [-0.39, 0.29) is 0 Å². The Hall–Kier alpha value is -3.15. The topological polar surface area (TPSA) is 33.1 Å². The van der Waals surface area contributed by atoms with Gasteiger partial charge in [-0.2, -0.15) is 5.10 Å². The van der Waals surface area contributed by atoms with E-state index < -0.39 is 0 Å². The molecular formula is C25H23ClN4S. The van der Waals surface area contributed by atoms with Crippen LogP contribution < -0.4 is 5.32 Å². The number of nitrogens with zero attached hydrogens (tertiary/aromatic N) is 3. The Morgan fingerprint density at radius 1 is 0.839 bits per heavy atom. The lowest BCUT2D eigenvalue weighted by Gasteiger charge is -2.25. The third kappa shape index (κ3) is 5.94. The van der Waals surface area contributed by atoms with Crippen molar-refractivity contribution in [3.05, 3.63) is 119 Å². The molecule has 0 bridgehead atoms. The smallest absolute Gasteiger partial charge is 0.175 e. The fourth-order valence-corrected chi connectivity index (χ4v) is 3.74. The molecule has 4 aromatic rings. The molecular weight excluding hydrogens is 424 g/mol. The molecule has 0 saturated carbocycles. The van der Waals surface area contributed by atoms with Gasteiger partial charge in [0, 0.05) is 30.4 Å².